The smallest absolute Gasteiger partial charge is 0.270 e. The van der Waals surface area contributed by atoms with Crippen molar-refractivity contribution in [3.8, 4) is 5.75 Å². The molecule has 94 valence electrons. The highest BCUT2D eigenvalue weighted by atomic mass is 32.1. The fraction of sp³-hybridized carbons (Fsp3) is 0.231. The van der Waals surface area contributed by atoms with E-state index in [1.165, 1.54) is 11.3 Å². The van der Waals surface area contributed by atoms with Crippen molar-refractivity contribution < 1.29 is 9.53 Å². The van der Waals surface area contributed by atoms with Crippen LogP contribution in [0, 0.1) is 6.92 Å². The standard InChI is InChI=1S/C13H14N2O2S/c1-10-3-2-4-11(7-10)17-6-5-14-13(16)12-8-18-9-15-12/h2-4,7-9H,5-6H2,1H3,(H,14,16). The van der Waals surface area contributed by atoms with Crippen molar-refractivity contribution in [1.29, 1.82) is 0 Å². The van der Waals surface area contributed by atoms with Crippen LogP contribution in [-0.2, 0) is 0 Å². The van der Waals surface area contributed by atoms with E-state index in [0.29, 0.717) is 18.8 Å². The molecular formula is C13H14N2O2S. The monoisotopic (exact) mass is 262 g/mol. The molecule has 5 heteroatoms. The topological polar surface area (TPSA) is 51.2 Å². The Morgan fingerprint density at radius 2 is 2.39 bits per heavy atom. The van der Waals surface area contributed by atoms with E-state index in [1.807, 2.05) is 31.2 Å². The molecule has 0 saturated carbocycles. The summed E-state index contributed by atoms with van der Waals surface area (Å²) in [5, 5.41) is 4.47. The summed E-state index contributed by atoms with van der Waals surface area (Å²) in [7, 11) is 0. The normalized spacial score (nSPS) is 10.1. The van der Waals surface area contributed by atoms with Crippen LogP contribution in [-0.4, -0.2) is 24.0 Å². The lowest BCUT2D eigenvalue weighted by Crippen LogP contribution is -2.28. The summed E-state index contributed by atoms with van der Waals surface area (Å²) in [6.07, 6.45) is 0. The van der Waals surface area contributed by atoms with Gasteiger partial charge in [-0.25, -0.2) is 4.98 Å². The first-order valence-corrected chi connectivity index (χ1v) is 6.56. The molecule has 0 aliphatic heterocycles. The van der Waals surface area contributed by atoms with E-state index in [-0.39, 0.29) is 5.91 Å². The summed E-state index contributed by atoms with van der Waals surface area (Å²) >= 11 is 1.40. The lowest BCUT2D eigenvalue weighted by atomic mass is 10.2. The molecule has 0 bridgehead atoms. The number of nitrogens with zero attached hydrogens (tertiary/aromatic N) is 1. The maximum atomic E-state index is 11.5. The van der Waals surface area contributed by atoms with Crippen LogP contribution in [0.4, 0.5) is 0 Å². The number of aryl methyl sites for hydroxylation is 1. The van der Waals surface area contributed by atoms with Gasteiger partial charge in [0.05, 0.1) is 12.1 Å². The Morgan fingerprint density at radius 3 is 3.11 bits per heavy atom. The quantitative estimate of drug-likeness (QED) is 0.841. The number of aromatic nitrogens is 1. The van der Waals surface area contributed by atoms with Crippen molar-refractivity contribution in [2.75, 3.05) is 13.2 Å². The number of nitrogens with one attached hydrogen (secondary N) is 1. The Kier molecular flexibility index (Phi) is 4.30. The number of hydrogen-bond donors (Lipinski definition) is 1. The molecule has 0 radical (unpaired) electrons. The fourth-order valence-electron chi connectivity index (χ4n) is 1.45. The molecule has 0 unspecified atom stereocenters. The Hall–Kier alpha value is -1.88. The second-order valence-electron chi connectivity index (χ2n) is 3.79. The fourth-order valence-corrected chi connectivity index (χ4v) is 1.99. The lowest BCUT2D eigenvalue weighted by molar-refractivity contribution is 0.0942. The number of hydrogen-bond acceptors (Lipinski definition) is 4. The minimum atomic E-state index is -0.163. The van der Waals surface area contributed by atoms with E-state index in [2.05, 4.69) is 10.3 Å². The van der Waals surface area contributed by atoms with Crippen molar-refractivity contribution in [3.05, 3.63) is 46.4 Å². The average molecular weight is 262 g/mol. The third-order valence-corrected chi connectivity index (χ3v) is 2.90. The number of carbonyl (C=O) groups excluding carboxylic acids is 1. The molecule has 0 aliphatic rings. The van der Waals surface area contributed by atoms with Gasteiger partial charge in [0, 0.05) is 5.38 Å². The Bertz CT molecular complexity index is 511. The van der Waals surface area contributed by atoms with Gasteiger partial charge in [0.2, 0.25) is 0 Å². The van der Waals surface area contributed by atoms with Gasteiger partial charge in [0.25, 0.3) is 5.91 Å². The van der Waals surface area contributed by atoms with E-state index in [1.54, 1.807) is 10.9 Å². The zero-order valence-electron chi connectivity index (χ0n) is 10.1. The number of rotatable bonds is 5. The van der Waals surface area contributed by atoms with Crippen molar-refractivity contribution >= 4 is 17.2 Å². The second-order valence-corrected chi connectivity index (χ2v) is 4.51. The molecule has 4 nitrogen and oxygen atoms in total. The number of ether oxygens (including phenoxy) is 1. The van der Waals surface area contributed by atoms with Crippen LogP contribution in [0.3, 0.4) is 0 Å². The van der Waals surface area contributed by atoms with Gasteiger partial charge in [-0.15, -0.1) is 11.3 Å². The van der Waals surface area contributed by atoms with Crippen LogP contribution in [0.5, 0.6) is 5.75 Å². The molecule has 2 aromatic rings. The predicted octanol–water partition coefficient (Wildman–Crippen LogP) is 2.26. The van der Waals surface area contributed by atoms with Crippen LogP contribution < -0.4 is 10.1 Å². The Morgan fingerprint density at radius 1 is 1.50 bits per heavy atom. The van der Waals surface area contributed by atoms with Crippen LogP contribution in [0.1, 0.15) is 16.1 Å². The van der Waals surface area contributed by atoms with Crippen molar-refractivity contribution in [3.63, 3.8) is 0 Å². The van der Waals surface area contributed by atoms with E-state index in [0.717, 1.165) is 11.3 Å². The van der Waals surface area contributed by atoms with Gasteiger partial charge in [-0.2, -0.15) is 0 Å². The van der Waals surface area contributed by atoms with E-state index >= 15 is 0 Å². The largest absolute Gasteiger partial charge is 0.492 e. The van der Waals surface area contributed by atoms with Crippen LogP contribution in [0.2, 0.25) is 0 Å². The average Bonchev–Trinajstić information content (AvgIpc) is 2.88. The first-order chi connectivity index (χ1) is 8.75. The molecular weight excluding hydrogens is 248 g/mol. The van der Waals surface area contributed by atoms with Crippen LogP contribution in [0.15, 0.2) is 35.2 Å². The van der Waals surface area contributed by atoms with Crippen LogP contribution in [0.25, 0.3) is 0 Å². The summed E-state index contributed by atoms with van der Waals surface area (Å²) in [6, 6.07) is 7.81. The van der Waals surface area contributed by atoms with Gasteiger partial charge < -0.3 is 10.1 Å². The molecule has 1 amide bonds. The number of thiazole rings is 1. The molecule has 1 N–H and O–H groups in total. The van der Waals surface area contributed by atoms with E-state index < -0.39 is 0 Å². The first kappa shape index (κ1) is 12.6. The van der Waals surface area contributed by atoms with E-state index in [4.69, 9.17) is 4.74 Å². The Labute approximate surface area is 110 Å². The zero-order chi connectivity index (χ0) is 12.8. The molecule has 1 aromatic heterocycles. The first-order valence-electron chi connectivity index (χ1n) is 5.61. The highest BCUT2D eigenvalue weighted by Crippen LogP contribution is 2.11. The summed E-state index contributed by atoms with van der Waals surface area (Å²) in [4.78, 5) is 15.5. The summed E-state index contributed by atoms with van der Waals surface area (Å²) in [6.45, 7) is 2.92. The maximum absolute atomic E-state index is 11.5. The zero-order valence-corrected chi connectivity index (χ0v) is 10.9. The highest BCUT2D eigenvalue weighted by molar-refractivity contribution is 7.07. The molecule has 0 spiro atoms. The minimum absolute atomic E-state index is 0.163. The van der Waals surface area contributed by atoms with E-state index in [9.17, 15) is 4.79 Å². The molecule has 1 heterocycles. The predicted molar refractivity (Wildman–Crippen MR) is 71.1 cm³/mol. The molecule has 18 heavy (non-hydrogen) atoms. The summed E-state index contributed by atoms with van der Waals surface area (Å²) in [5.74, 6) is 0.655. The van der Waals surface area contributed by atoms with Crippen molar-refractivity contribution in [1.82, 2.24) is 10.3 Å². The van der Waals surface area contributed by atoms with Gasteiger partial charge in [0.15, 0.2) is 0 Å². The third-order valence-electron chi connectivity index (χ3n) is 2.31. The third kappa shape index (κ3) is 3.56. The van der Waals surface area contributed by atoms with Gasteiger partial charge >= 0.3 is 0 Å². The molecule has 0 fully saturated rings. The lowest BCUT2D eigenvalue weighted by Gasteiger charge is -2.07. The molecule has 0 aliphatic carbocycles. The van der Waals surface area contributed by atoms with Gasteiger partial charge in [-0.05, 0) is 24.6 Å². The van der Waals surface area contributed by atoms with Gasteiger partial charge in [0.1, 0.15) is 18.1 Å². The number of amides is 1. The summed E-state index contributed by atoms with van der Waals surface area (Å²) in [5.41, 5.74) is 3.24. The number of carbonyl (C=O) groups is 1. The second kappa shape index (κ2) is 6.16. The molecule has 1 aromatic carbocycles. The SMILES string of the molecule is Cc1cccc(OCCNC(=O)c2cscn2)c1. The minimum Gasteiger partial charge on any atom is -0.492 e. The number of benzene rings is 1. The van der Waals surface area contributed by atoms with Crippen LogP contribution >= 0.6 is 11.3 Å². The maximum Gasteiger partial charge on any atom is 0.270 e. The Balaban J connectivity index is 1.72. The highest BCUT2D eigenvalue weighted by Gasteiger charge is 2.05. The van der Waals surface area contributed by atoms with Crippen molar-refractivity contribution in [2.45, 2.75) is 6.92 Å². The molecule has 0 atom stereocenters. The van der Waals surface area contributed by atoms with Gasteiger partial charge in [-0.3, -0.25) is 4.79 Å². The van der Waals surface area contributed by atoms with Gasteiger partial charge in [-0.1, -0.05) is 12.1 Å². The summed E-state index contributed by atoms with van der Waals surface area (Å²) < 4.78 is 5.52. The molecule has 0 saturated heterocycles. The molecule has 2 rings (SSSR count). The van der Waals surface area contributed by atoms with Crippen molar-refractivity contribution in [2.24, 2.45) is 0 Å².